The van der Waals surface area contributed by atoms with E-state index in [-0.39, 0.29) is 18.6 Å². The fourth-order valence-corrected chi connectivity index (χ4v) is 2.97. The minimum atomic E-state index is -0.326. The number of benzene rings is 1. The maximum absolute atomic E-state index is 12.6. The standard InChI is InChI=1S/C21H19N5O2/c1-14(13-27)26-19(11-12-22-26)17-7-4-8-20(24-17)25-21(28)18-10-9-15-5-2-3-6-16(15)23-18/h2-12,14,27H,13H2,1H3,(H,24,25,28)/t14-/m1/s1. The predicted octanol–water partition coefficient (Wildman–Crippen LogP) is 3.30. The maximum Gasteiger partial charge on any atom is 0.275 e. The lowest BCUT2D eigenvalue weighted by Crippen LogP contribution is -2.15. The number of rotatable bonds is 5. The Morgan fingerprint density at radius 2 is 1.93 bits per heavy atom. The van der Waals surface area contributed by atoms with Crippen LogP contribution in [0.3, 0.4) is 0 Å². The third-order valence-corrected chi connectivity index (χ3v) is 4.44. The Morgan fingerprint density at radius 3 is 2.79 bits per heavy atom. The van der Waals surface area contributed by atoms with Crippen molar-refractivity contribution in [3.05, 3.63) is 72.6 Å². The molecule has 1 aromatic carbocycles. The summed E-state index contributed by atoms with van der Waals surface area (Å²) in [5.74, 6) is 0.0921. The van der Waals surface area contributed by atoms with Crippen molar-refractivity contribution in [1.82, 2.24) is 19.7 Å². The van der Waals surface area contributed by atoms with E-state index in [2.05, 4.69) is 20.4 Å². The molecule has 0 unspecified atom stereocenters. The van der Waals surface area contributed by atoms with Gasteiger partial charge in [0.25, 0.3) is 5.91 Å². The van der Waals surface area contributed by atoms with Crippen molar-refractivity contribution >= 4 is 22.6 Å². The lowest BCUT2D eigenvalue weighted by Gasteiger charge is -2.13. The Balaban J connectivity index is 1.59. The van der Waals surface area contributed by atoms with Crippen LogP contribution in [0.2, 0.25) is 0 Å². The van der Waals surface area contributed by atoms with Crippen LogP contribution in [0.5, 0.6) is 0 Å². The quantitative estimate of drug-likeness (QED) is 0.560. The molecule has 0 saturated carbocycles. The number of nitrogens with one attached hydrogen (secondary N) is 1. The number of amides is 1. The van der Waals surface area contributed by atoms with E-state index in [0.29, 0.717) is 17.2 Å². The van der Waals surface area contributed by atoms with Crippen LogP contribution in [0, 0.1) is 0 Å². The van der Waals surface area contributed by atoms with Crippen LogP contribution in [0.4, 0.5) is 5.82 Å². The molecule has 3 aromatic heterocycles. The number of para-hydroxylation sites is 1. The maximum atomic E-state index is 12.6. The number of nitrogens with zero attached hydrogens (tertiary/aromatic N) is 4. The van der Waals surface area contributed by atoms with Gasteiger partial charge in [0.1, 0.15) is 11.5 Å². The highest BCUT2D eigenvalue weighted by atomic mass is 16.3. The van der Waals surface area contributed by atoms with Crippen molar-refractivity contribution in [2.24, 2.45) is 0 Å². The summed E-state index contributed by atoms with van der Waals surface area (Å²) < 4.78 is 1.71. The molecular formula is C21H19N5O2. The summed E-state index contributed by atoms with van der Waals surface area (Å²) >= 11 is 0. The van der Waals surface area contributed by atoms with E-state index < -0.39 is 0 Å². The normalized spacial score (nSPS) is 12.1. The Morgan fingerprint density at radius 1 is 1.07 bits per heavy atom. The fraction of sp³-hybridized carbons (Fsp3) is 0.143. The molecular weight excluding hydrogens is 354 g/mol. The van der Waals surface area contributed by atoms with Gasteiger partial charge in [-0.15, -0.1) is 0 Å². The second-order valence-electron chi connectivity index (χ2n) is 6.44. The van der Waals surface area contributed by atoms with E-state index in [4.69, 9.17) is 0 Å². The Labute approximate surface area is 161 Å². The molecule has 0 bridgehead atoms. The number of aliphatic hydroxyl groups is 1. The summed E-state index contributed by atoms with van der Waals surface area (Å²) in [4.78, 5) is 21.5. The minimum Gasteiger partial charge on any atom is -0.394 e. The number of aromatic nitrogens is 4. The van der Waals surface area contributed by atoms with Gasteiger partial charge < -0.3 is 10.4 Å². The van der Waals surface area contributed by atoms with Crippen molar-refractivity contribution in [1.29, 1.82) is 0 Å². The highest BCUT2D eigenvalue weighted by molar-refractivity contribution is 6.03. The molecule has 28 heavy (non-hydrogen) atoms. The molecule has 7 nitrogen and oxygen atoms in total. The molecule has 0 radical (unpaired) electrons. The summed E-state index contributed by atoms with van der Waals surface area (Å²) in [5, 5.41) is 17.4. The van der Waals surface area contributed by atoms with E-state index in [1.165, 1.54) is 0 Å². The Hall–Kier alpha value is -3.58. The van der Waals surface area contributed by atoms with Gasteiger partial charge in [0.15, 0.2) is 0 Å². The van der Waals surface area contributed by atoms with Gasteiger partial charge in [0, 0.05) is 11.6 Å². The molecule has 2 N–H and O–H groups in total. The van der Waals surface area contributed by atoms with Crippen molar-refractivity contribution < 1.29 is 9.90 Å². The molecule has 4 aromatic rings. The minimum absolute atomic E-state index is 0.0290. The van der Waals surface area contributed by atoms with Gasteiger partial charge in [-0.3, -0.25) is 9.48 Å². The summed E-state index contributed by atoms with van der Waals surface area (Å²) in [6, 6.07) is 18.2. The first-order valence-corrected chi connectivity index (χ1v) is 8.94. The molecule has 0 spiro atoms. The summed E-state index contributed by atoms with van der Waals surface area (Å²) in [7, 11) is 0. The molecule has 7 heteroatoms. The zero-order valence-corrected chi connectivity index (χ0v) is 15.3. The van der Waals surface area contributed by atoms with E-state index in [1.54, 1.807) is 23.0 Å². The van der Waals surface area contributed by atoms with Crippen LogP contribution in [0.25, 0.3) is 22.3 Å². The average Bonchev–Trinajstić information content (AvgIpc) is 3.23. The van der Waals surface area contributed by atoms with Crippen LogP contribution < -0.4 is 5.32 Å². The number of anilines is 1. The molecule has 4 rings (SSSR count). The van der Waals surface area contributed by atoms with E-state index in [0.717, 1.165) is 16.6 Å². The smallest absolute Gasteiger partial charge is 0.275 e. The van der Waals surface area contributed by atoms with E-state index in [9.17, 15) is 9.90 Å². The number of pyridine rings is 2. The number of carbonyl (C=O) groups excluding carboxylic acids is 1. The summed E-state index contributed by atoms with van der Waals surface area (Å²) in [6.07, 6.45) is 1.66. The van der Waals surface area contributed by atoms with Crippen LogP contribution in [0.15, 0.2) is 66.9 Å². The number of hydrogen-bond acceptors (Lipinski definition) is 5. The second-order valence-corrected chi connectivity index (χ2v) is 6.44. The Bertz CT molecular complexity index is 1140. The monoisotopic (exact) mass is 373 g/mol. The average molecular weight is 373 g/mol. The molecule has 1 atom stereocenters. The lowest BCUT2D eigenvalue weighted by molar-refractivity contribution is 0.102. The summed E-state index contributed by atoms with van der Waals surface area (Å²) in [6.45, 7) is 1.84. The second kappa shape index (κ2) is 7.58. The molecule has 0 aliphatic carbocycles. The number of carbonyl (C=O) groups is 1. The van der Waals surface area contributed by atoms with E-state index in [1.807, 2.05) is 55.5 Å². The van der Waals surface area contributed by atoms with Crippen LogP contribution in [-0.4, -0.2) is 37.4 Å². The van der Waals surface area contributed by atoms with Crippen molar-refractivity contribution in [3.8, 4) is 11.4 Å². The highest BCUT2D eigenvalue weighted by Crippen LogP contribution is 2.22. The number of aliphatic hydroxyl groups excluding tert-OH is 1. The highest BCUT2D eigenvalue weighted by Gasteiger charge is 2.14. The van der Waals surface area contributed by atoms with Crippen LogP contribution >= 0.6 is 0 Å². The molecule has 0 aliphatic heterocycles. The van der Waals surface area contributed by atoms with Gasteiger partial charge in [-0.1, -0.05) is 30.3 Å². The molecule has 1 amide bonds. The zero-order chi connectivity index (χ0) is 19.5. The third kappa shape index (κ3) is 3.47. The largest absolute Gasteiger partial charge is 0.394 e. The molecule has 0 aliphatic rings. The van der Waals surface area contributed by atoms with Gasteiger partial charge in [-0.05, 0) is 37.3 Å². The third-order valence-electron chi connectivity index (χ3n) is 4.44. The molecule has 3 heterocycles. The van der Waals surface area contributed by atoms with Crippen molar-refractivity contribution in [3.63, 3.8) is 0 Å². The topological polar surface area (TPSA) is 92.9 Å². The van der Waals surface area contributed by atoms with Gasteiger partial charge in [0.2, 0.25) is 0 Å². The molecule has 0 saturated heterocycles. The van der Waals surface area contributed by atoms with Gasteiger partial charge >= 0.3 is 0 Å². The zero-order valence-electron chi connectivity index (χ0n) is 15.3. The molecule has 140 valence electrons. The van der Waals surface area contributed by atoms with Crippen LogP contribution in [-0.2, 0) is 0 Å². The first-order valence-electron chi connectivity index (χ1n) is 8.94. The van der Waals surface area contributed by atoms with Gasteiger partial charge in [0.05, 0.1) is 29.6 Å². The predicted molar refractivity (Wildman–Crippen MR) is 107 cm³/mol. The van der Waals surface area contributed by atoms with Crippen molar-refractivity contribution in [2.75, 3.05) is 11.9 Å². The number of fused-ring (bicyclic) bond motifs is 1. The SMILES string of the molecule is C[C@H](CO)n1nccc1-c1cccc(NC(=O)c2ccc3ccccc3n2)n1. The summed E-state index contributed by atoms with van der Waals surface area (Å²) in [5.41, 5.74) is 2.51. The molecule has 0 fully saturated rings. The first-order chi connectivity index (χ1) is 13.7. The van der Waals surface area contributed by atoms with Gasteiger partial charge in [-0.2, -0.15) is 5.10 Å². The van der Waals surface area contributed by atoms with Crippen molar-refractivity contribution in [2.45, 2.75) is 13.0 Å². The number of hydrogen-bond donors (Lipinski definition) is 2. The lowest BCUT2D eigenvalue weighted by atomic mass is 10.2. The van der Waals surface area contributed by atoms with Crippen LogP contribution in [0.1, 0.15) is 23.5 Å². The fourth-order valence-electron chi connectivity index (χ4n) is 2.97. The van der Waals surface area contributed by atoms with Gasteiger partial charge in [-0.25, -0.2) is 9.97 Å². The first kappa shape index (κ1) is 17.8. The van der Waals surface area contributed by atoms with E-state index >= 15 is 0 Å². The Kier molecular flexibility index (Phi) is 4.82.